The standard InChI is InChI=1S/C34H68O2Si/c1-6-8-10-12-14-16-18-19-21-23-25-27-29-31-34(36-37(3,4)5)32-33(35)30-28-26-24-22-20-17-15-13-11-9-7-2/h32H,6-31H2,1-5H3/b34-32-. The third-order valence-corrected chi connectivity index (χ3v) is 8.19. The molecule has 0 atom stereocenters. The summed E-state index contributed by atoms with van der Waals surface area (Å²) in [6.07, 6.45) is 35.8. The van der Waals surface area contributed by atoms with Gasteiger partial charge in [-0.15, -0.1) is 0 Å². The van der Waals surface area contributed by atoms with Gasteiger partial charge in [0.05, 0.1) is 5.76 Å². The summed E-state index contributed by atoms with van der Waals surface area (Å²) in [5.41, 5.74) is 0. The van der Waals surface area contributed by atoms with Crippen molar-refractivity contribution in [1.29, 1.82) is 0 Å². The predicted octanol–water partition coefficient (Wildman–Crippen LogP) is 12.5. The molecule has 2 nitrogen and oxygen atoms in total. The maximum atomic E-state index is 12.6. The first-order valence-corrected chi connectivity index (χ1v) is 20.2. The van der Waals surface area contributed by atoms with Crippen LogP contribution in [0.15, 0.2) is 11.8 Å². The monoisotopic (exact) mass is 536 g/mol. The van der Waals surface area contributed by atoms with Crippen LogP contribution in [0.2, 0.25) is 19.6 Å². The minimum absolute atomic E-state index is 0.277. The number of rotatable bonds is 29. The maximum Gasteiger partial charge on any atom is 0.241 e. The highest BCUT2D eigenvalue weighted by Crippen LogP contribution is 2.19. The zero-order valence-corrected chi connectivity index (χ0v) is 27.3. The van der Waals surface area contributed by atoms with Crippen molar-refractivity contribution in [3.8, 4) is 0 Å². The molecule has 220 valence electrons. The molecule has 0 aliphatic rings. The highest BCUT2D eigenvalue weighted by atomic mass is 28.4. The Labute approximate surface area is 235 Å². The van der Waals surface area contributed by atoms with Crippen molar-refractivity contribution in [3.05, 3.63) is 11.8 Å². The van der Waals surface area contributed by atoms with Crippen molar-refractivity contribution in [2.24, 2.45) is 0 Å². The van der Waals surface area contributed by atoms with Crippen LogP contribution in [0.25, 0.3) is 0 Å². The van der Waals surface area contributed by atoms with Gasteiger partial charge in [0.15, 0.2) is 5.78 Å². The van der Waals surface area contributed by atoms with Gasteiger partial charge in [0.25, 0.3) is 0 Å². The number of allylic oxidation sites excluding steroid dienone is 2. The predicted molar refractivity (Wildman–Crippen MR) is 169 cm³/mol. The van der Waals surface area contributed by atoms with Crippen LogP contribution in [0, 0.1) is 0 Å². The summed E-state index contributed by atoms with van der Waals surface area (Å²) in [4.78, 5) is 12.6. The molecule has 0 aliphatic heterocycles. The third kappa shape index (κ3) is 29.8. The van der Waals surface area contributed by atoms with Gasteiger partial charge < -0.3 is 4.43 Å². The SMILES string of the molecule is CCCCCCCCCCCCCCC/C(=C/C(=O)CCCCCCCCCCCCC)O[Si](C)(C)C. The first-order valence-electron chi connectivity index (χ1n) is 16.8. The molecule has 0 saturated carbocycles. The smallest absolute Gasteiger partial charge is 0.241 e. The highest BCUT2D eigenvalue weighted by molar-refractivity contribution is 6.70. The minimum atomic E-state index is -1.68. The molecule has 0 saturated heterocycles. The Kier molecular flexibility index (Phi) is 26.6. The van der Waals surface area contributed by atoms with E-state index in [1.165, 1.54) is 141 Å². The van der Waals surface area contributed by atoms with Crippen LogP contribution in [0.1, 0.15) is 181 Å². The second-order valence-corrected chi connectivity index (χ2v) is 17.0. The lowest BCUT2D eigenvalue weighted by Crippen LogP contribution is -2.25. The second-order valence-electron chi connectivity index (χ2n) is 12.6. The molecule has 0 radical (unpaired) electrons. The Morgan fingerprint density at radius 1 is 0.486 bits per heavy atom. The van der Waals surface area contributed by atoms with E-state index in [0.29, 0.717) is 6.42 Å². The average molecular weight is 537 g/mol. The molecule has 0 aromatic carbocycles. The Morgan fingerprint density at radius 2 is 0.784 bits per heavy atom. The van der Waals surface area contributed by atoms with E-state index in [-0.39, 0.29) is 5.78 Å². The summed E-state index contributed by atoms with van der Waals surface area (Å²) in [5.74, 6) is 1.24. The lowest BCUT2D eigenvalue weighted by Gasteiger charge is -2.22. The van der Waals surface area contributed by atoms with Gasteiger partial charge in [-0.1, -0.05) is 155 Å². The summed E-state index contributed by atoms with van der Waals surface area (Å²) in [6, 6.07) is 0. The van der Waals surface area contributed by atoms with E-state index in [4.69, 9.17) is 4.43 Å². The van der Waals surface area contributed by atoms with E-state index in [1.807, 2.05) is 6.08 Å². The minimum Gasteiger partial charge on any atom is -0.547 e. The van der Waals surface area contributed by atoms with Gasteiger partial charge in [0.2, 0.25) is 8.32 Å². The van der Waals surface area contributed by atoms with Crippen LogP contribution >= 0.6 is 0 Å². The number of hydrogen-bond acceptors (Lipinski definition) is 2. The second kappa shape index (κ2) is 27.0. The van der Waals surface area contributed by atoms with Gasteiger partial charge in [-0.3, -0.25) is 4.79 Å². The van der Waals surface area contributed by atoms with Gasteiger partial charge in [-0.05, 0) is 32.5 Å². The molecular formula is C34H68O2Si. The molecule has 3 heteroatoms. The summed E-state index contributed by atoms with van der Waals surface area (Å²) in [7, 11) is -1.68. The summed E-state index contributed by atoms with van der Waals surface area (Å²) < 4.78 is 6.30. The highest BCUT2D eigenvalue weighted by Gasteiger charge is 2.18. The number of unbranched alkanes of at least 4 members (excludes halogenated alkanes) is 22. The Balaban J connectivity index is 3.90. The van der Waals surface area contributed by atoms with Gasteiger partial charge in [0.1, 0.15) is 0 Å². The normalized spacial score (nSPS) is 12.3. The molecule has 0 heterocycles. The van der Waals surface area contributed by atoms with Gasteiger partial charge >= 0.3 is 0 Å². The first kappa shape index (κ1) is 36.4. The lowest BCUT2D eigenvalue weighted by molar-refractivity contribution is -0.114. The molecule has 0 fully saturated rings. The molecule has 0 rings (SSSR count). The molecular weight excluding hydrogens is 468 g/mol. The van der Waals surface area contributed by atoms with Crippen LogP contribution in [0.5, 0.6) is 0 Å². The van der Waals surface area contributed by atoms with Gasteiger partial charge in [-0.25, -0.2) is 0 Å². The maximum absolute atomic E-state index is 12.6. The summed E-state index contributed by atoms with van der Waals surface area (Å²) in [6.45, 7) is 11.2. The van der Waals surface area contributed by atoms with E-state index in [9.17, 15) is 4.79 Å². The molecule has 0 unspecified atom stereocenters. The number of carbonyl (C=O) groups is 1. The topological polar surface area (TPSA) is 26.3 Å². The molecule has 0 spiro atoms. The lowest BCUT2D eigenvalue weighted by atomic mass is 10.0. The van der Waals surface area contributed by atoms with Gasteiger partial charge in [0, 0.05) is 18.9 Å². The summed E-state index contributed by atoms with van der Waals surface area (Å²) in [5, 5.41) is 0. The van der Waals surface area contributed by atoms with Crippen LogP contribution < -0.4 is 0 Å². The molecule has 0 bridgehead atoms. The van der Waals surface area contributed by atoms with Crippen molar-refractivity contribution in [2.75, 3.05) is 0 Å². The molecule has 0 aromatic heterocycles. The molecule has 0 aromatic rings. The van der Waals surface area contributed by atoms with E-state index in [0.717, 1.165) is 25.0 Å². The van der Waals surface area contributed by atoms with E-state index < -0.39 is 8.32 Å². The zero-order chi connectivity index (χ0) is 27.5. The third-order valence-electron chi connectivity index (χ3n) is 7.31. The number of hydrogen-bond donors (Lipinski definition) is 0. The van der Waals surface area contributed by atoms with E-state index in [1.54, 1.807) is 0 Å². The Morgan fingerprint density at radius 3 is 1.11 bits per heavy atom. The van der Waals surface area contributed by atoms with Crippen LogP contribution in [-0.2, 0) is 9.22 Å². The Hall–Kier alpha value is -0.573. The quantitative estimate of drug-likeness (QED) is 0.0411. The van der Waals surface area contributed by atoms with Crippen LogP contribution in [-0.4, -0.2) is 14.1 Å². The molecule has 0 amide bonds. The fourth-order valence-corrected chi connectivity index (χ4v) is 6.03. The summed E-state index contributed by atoms with van der Waals surface area (Å²) >= 11 is 0. The van der Waals surface area contributed by atoms with E-state index in [2.05, 4.69) is 33.5 Å². The zero-order valence-electron chi connectivity index (χ0n) is 26.3. The Bertz CT molecular complexity index is 520. The fourth-order valence-electron chi connectivity index (χ4n) is 5.08. The van der Waals surface area contributed by atoms with Gasteiger partial charge in [-0.2, -0.15) is 0 Å². The van der Waals surface area contributed by atoms with Crippen molar-refractivity contribution in [1.82, 2.24) is 0 Å². The molecule has 0 N–H and O–H groups in total. The van der Waals surface area contributed by atoms with Crippen molar-refractivity contribution in [2.45, 2.75) is 200 Å². The number of ketones is 1. The fraction of sp³-hybridized carbons (Fsp3) is 0.912. The number of carbonyl (C=O) groups excluding carboxylic acids is 1. The van der Waals surface area contributed by atoms with Crippen molar-refractivity contribution in [3.63, 3.8) is 0 Å². The van der Waals surface area contributed by atoms with E-state index >= 15 is 0 Å². The largest absolute Gasteiger partial charge is 0.547 e. The molecule has 0 aliphatic carbocycles. The average Bonchev–Trinajstić information content (AvgIpc) is 2.84. The van der Waals surface area contributed by atoms with Crippen molar-refractivity contribution >= 4 is 14.1 Å². The van der Waals surface area contributed by atoms with Crippen molar-refractivity contribution < 1.29 is 9.22 Å². The van der Waals surface area contributed by atoms with Crippen LogP contribution in [0.3, 0.4) is 0 Å². The first-order chi connectivity index (χ1) is 17.9. The molecule has 37 heavy (non-hydrogen) atoms. The van der Waals surface area contributed by atoms with Crippen LogP contribution in [0.4, 0.5) is 0 Å².